The van der Waals surface area contributed by atoms with Gasteiger partial charge in [-0.2, -0.15) is 0 Å². The number of rotatable bonds is 1. The number of benzene rings is 1. The molecule has 0 fully saturated rings. The molecular weight excluding hydrogens is 190 g/mol. The molecule has 0 radical (unpaired) electrons. The largest absolute Gasteiger partial charge is 0.529 e. The van der Waals surface area contributed by atoms with Crippen LogP contribution >= 0.6 is 0 Å². The first kappa shape index (κ1) is 9.80. The number of nitrogens with two attached hydrogens (primary N) is 3. The van der Waals surface area contributed by atoms with E-state index in [-0.39, 0.29) is 22.2 Å². The zero-order valence-electron chi connectivity index (χ0n) is 6.73. The zero-order chi connectivity index (χ0) is 10.2. The molecule has 0 amide bonds. The van der Waals surface area contributed by atoms with Gasteiger partial charge in [0.15, 0.2) is 0 Å². The summed E-state index contributed by atoms with van der Waals surface area (Å²) >= 11 is 0. The number of hydrogen-bond donors (Lipinski definition) is 6. The van der Waals surface area contributed by atoms with Gasteiger partial charge in [0, 0.05) is 5.19 Å². The molecule has 0 aromatic heterocycles. The maximum absolute atomic E-state index is 8.93. The molecule has 1 rings (SSSR count). The highest BCUT2D eigenvalue weighted by atomic mass is 28.4. The molecule has 0 aliphatic rings. The van der Waals surface area contributed by atoms with Gasteiger partial charge in [0.25, 0.3) is 0 Å². The fraction of sp³-hybridized carbons (Fsp3) is 0. The van der Waals surface area contributed by atoms with Crippen LogP contribution in [0.25, 0.3) is 0 Å². The van der Waals surface area contributed by atoms with Crippen molar-refractivity contribution in [3.63, 3.8) is 0 Å². The minimum atomic E-state index is -4.33. The number of anilines is 3. The van der Waals surface area contributed by atoms with Gasteiger partial charge in [-0.15, -0.1) is 0 Å². The summed E-state index contributed by atoms with van der Waals surface area (Å²) < 4.78 is 0. The van der Waals surface area contributed by atoms with Crippen LogP contribution in [0.5, 0.6) is 0 Å². The Kier molecular flexibility index (Phi) is 2.18. The van der Waals surface area contributed by atoms with E-state index in [4.69, 9.17) is 31.6 Å². The van der Waals surface area contributed by atoms with Crippen molar-refractivity contribution in [1.29, 1.82) is 0 Å². The van der Waals surface area contributed by atoms with Crippen LogP contribution in [0.2, 0.25) is 0 Å². The quantitative estimate of drug-likeness (QED) is 0.220. The Balaban J connectivity index is 3.29. The fourth-order valence-corrected chi connectivity index (χ4v) is 1.59. The van der Waals surface area contributed by atoms with Crippen molar-refractivity contribution in [2.75, 3.05) is 17.2 Å². The Hall–Kier alpha value is -1.28. The summed E-state index contributed by atoms with van der Waals surface area (Å²) in [4.78, 5) is 26.8. The van der Waals surface area contributed by atoms with Crippen molar-refractivity contribution in [1.82, 2.24) is 0 Å². The highest BCUT2D eigenvalue weighted by Crippen LogP contribution is 2.20. The molecule has 72 valence electrons. The van der Waals surface area contributed by atoms with Crippen molar-refractivity contribution in [2.45, 2.75) is 0 Å². The first-order valence-electron chi connectivity index (χ1n) is 3.44. The van der Waals surface area contributed by atoms with E-state index >= 15 is 0 Å². The van der Waals surface area contributed by atoms with Crippen molar-refractivity contribution in [2.24, 2.45) is 0 Å². The van der Waals surface area contributed by atoms with E-state index in [1.165, 1.54) is 12.1 Å². The third kappa shape index (κ3) is 1.90. The Morgan fingerprint density at radius 2 is 1.31 bits per heavy atom. The fourth-order valence-electron chi connectivity index (χ4n) is 0.893. The Bertz CT molecular complexity index is 313. The lowest BCUT2D eigenvalue weighted by molar-refractivity contribution is 0.250. The molecule has 0 bridgehead atoms. The molecule has 0 saturated heterocycles. The molecule has 0 atom stereocenters. The van der Waals surface area contributed by atoms with Crippen molar-refractivity contribution in [3.05, 3.63) is 12.1 Å². The Labute approximate surface area is 75.6 Å². The molecule has 7 heteroatoms. The molecule has 0 heterocycles. The van der Waals surface area contributed by atoms with Gasteiger partial charge in [0.2, 0.25) is 0 Å². The number of hydrogen-bond acceptors (Lipinski definition) is 6. The first-order valence-corrected chi connectivity index (χ1v) is 5.28. The maximum Gasteiger partial charge on any atom is 0.529 e. The van der Waals surface area contributed by atoms with Gasteiger partial charge < -0.3 is 31.6 Å². The second-order valence-corrected chi connectivity index (χ2v) is 4.55. The first-order chi connectivity index (χ1) is 5.82. The lowest BCUT2D eigenvalue weighted by Crippen LogP contribution is -2.49. The molecular formula is C6H11N3O3Si. The van der Waals surface area contributed by atoms with Crippen molar-refractivity contribution < 1.29 is 14.4 Å². The van der Waals surface area contributed by atoms with Gasteiger partial charge in [-0.05, 0) is 12.1 Å². The molecule has 6 nitrogen and oxygen atoms in total. The van der Waals surface area contributed by atoms with Crippen LogP contribution in [0, 0.1) is 0 Å². The summed E-state index contributed by atoms with van der Waals surface area (Å²) in [6.07, 6.45) is 0. The van der Waals surface area contributed by atoms with Gasteiger partial charge in [0.1, 0.15) is 0 Å². The molecule has 0 aliphatic heterocycles. The van der Waals surface area contributed by atoms with Crippen LogP contribution < -0.4 is 22.4 Å². The summed E-state index contributed by atoms with van der Waals surface area (Å²) in [5.74, 6) is 0. The van der Waals surface area contributed by atoms with Crippen LogP contribution in [0.1, 0.15) is 0 Å². The molecule has 13 heavy (non-hydrogen) atoms. The minimum Gasteiger partial charge on any atom is -0.397 e. The van der Waals surface area contributed by atoms with Crippen LogP contribution in [-0.2, 0) is 0 Å². The van der Waals surface area contributed by atoms with Crippen LogP contribution in [0.3, 0.4) is 0 Å². The van der Waals surface area contributed by atoms with E-state index in [1.807, 2.05) is 0 Å². The van der Waals surface area contributed by atoms with Crippen LogP contribution in [-0.4, -0.2) is 23.2 Å². The normalized spacial score (nSPS) is 11.6. The van der Waals surface area contributed by atoms with Gasteiger partial charge in [-0.3, -0.25) is 0 Å². The predicted molar refractivity (Wildman–Crippen MR) is 51.7 cm³/mol. The van der Waals surface area contributed by atoms with Crippen LogP contribution in [0.4, 0.5) is 17.1 Å². The van der Waals surface area contributed by atoms with Gasteiger partial charge in [-0.25, -0.2) is 0 Å². The molecule has 1 aromatic rings. The van der Waals surface area contributed by atoms with Gasteiger partial charge in [-0.1, -0.05) is 0 Å². The van der Waals surface area contributed by atoms with E-state index in [0.29, 0.717) is 0 Å². The van der Waals surface area contributed by atoms with Crippen LogP contribution in [0.15, 0.2) is 12.1 Å². The average Bonchev–Trinajstić information content (AvgIpc) is 1.97. The van der Waals surface area contributed by atoms with Gasteiger partial charge >= 0.3 is 8.80 Å². The second kappa shape index (κ2) is 2.89. The van der Waals surface area contributed by atoms with Crippen molar-refractivity contribution >= 4 is 31.1 Å². The van der Waals surface area contributed by atoms with Crippen molar-refractivity contribution in [3.8, 4) is 0 Å². The zero-order valence-corrected chi connectivity index (χ0v) is 7.73. The molecule has 0 unspecified atom stereocenters. The standard InChI is InChI=1S/C6H11N3O3Si/c7-4-1-3(13(10,11)12)2-5(8)6(4)9/h1-2,10-12H,7-9H2. The lowest BCUT2D eigenvalue weighted by atomic mass is 10.2. The van der Waals surface area contributed by atoms with E-state index < -0.39 is 8.80 Å². The lowest BCUT2D eigenvalue weighted by Gasteiger charge is -2.12. The smallest absolute Gasteiger partial charge is 0.397 e. The predicted octanol–water partition coefficient (Wildman–Crippen LogP) is -2.44. The summed E-state index contributed by atoms with van der Waals surface area (Å²) in [6, 6.07) is 2.38. The highest BCUT2D eigenvalue weighted by molar-refractivity contribution is 6.71. The third-order valence-corrected chi connectivity index (χ3v) is 2.69. The SMILES string of the molecule is Nc1cc([Si](O)(O)O)cc(N)c1N. The summed E-state index contributed by atoms with van der Waals surface area (Å²) in [6.45, 7) is 0. The molecule has 9 N–H and O–H groups in total. The molecule has 0 saturated carbocycles. The summed E-state index contributed by atoms with van der Waals surface area (Å²) in [7, 11) is -4.33. The van der Waals surface area contributed by atoms with E-state index in [9.17, 15) is 0 Å². The van der Waals surface area contributed by atoms with E-state index in [2.05, 4.69) is 0 Å². The monoisotopic (exact) mass is 201 g/mol. The average molecular weight is 201 g/mol. The Morgan fingerprint density at radius 3 is 1.62 bits per heavy atom. The summed E-state index contributed by atoms with van der Waals surface area (Å²) in [5.41, 5.74) is 16.6. The highest BCUT2D eigenvalue weighted by Gasteiger charge is 2.31. The molecule has 1 aromatic carbocycles. The molecule has 0 aliphatic carbocycles. The maximum atomic E-state index is 8.93. The molecule has 0 spiro atoms. The van der Waals surface area contributed by atoms with E-state index in [1.54, 1.807) is 0 Å². The van der Waals surface area contributed by atoms with Gasteiger partial charge in [0.05, 0.1) is 17.1 Å². The third-order valence-electron chi connectivity index (χ3n) is 1.63. The second-order valence-electron chi connectivity index (χ2n) is 2.70. The minimum absolute atomic E-state index is 0.0864. The van der Waals surface area contributed by atoms with E-state index in [0.717, 1.165) is 0 Å². The topological polar surface area (TPSA) is 139 Å². The number of nitrogen functional groups attached to an aromatic ring is 3. The Morgan fingerprint density at radius 1 is 0.923 bits per heavy atom. The summed E-state index contributed by atoms with van der Waals surface area (Å²) in [5, 5.41) is -0.0864.